The van der Waals surface area contributed by atoms with Crippen LogP contribution in [0, 0.1) is 0 Å². The Morgan fingerprint density at radius 1 is 1.11 bits per heavy atom. The maximum absolute atomic E-state index is 13.0. The van der Waals surface area contributed by atoms with Gasteiger partial charge < -0.3 is 14.4 Å². The van der Waals surface area contributed by atoms with Crippen LogP contribution in [0.3, 0.4) is 0 Å². The molecule has 8 nitrogen and oxygen atoms in total. The van der Waals surface area contributed by atoms with Crippen molar-refractivity contribution >= 4 is 5.91 Å². The third-order valence-corrected chi connectivity index (χ3v) is 4.47. The van der Waals surface area contributed by atoms with Crippen LogP contribution in [-0.2, 0) is 0 Å². The molecule has 1 atom stereocenters. The predicted octanol–water partition coefficient (Wildman–Crippen LogP) is 2.51. The Labute approximate surface area is 157 Å². The van der Waals surface area contributed by atoms with Gasteiger partial charge in [-0.15, -0.1) is 10.2 Å². The average molecular weight is 367 g/mol. The standard InChI is InChI=1S/C19H21N5O3/c1-13(16-6-5-15(26-3)10-17(16)27-4)23(2)19(25)14-7-8-20-18(9-14)24-11-21-22-12-24/h5-13H,1-4H3. The monoisotopic (exact) mass is 367 g/mol. The van der Waals surface area contributed by atoms with Gasteiger partial charge in [0.1, 0.15) is 30.0 Å². The average Bonchev–Trinajstić information content (AvgIpc) is 3.26. The van der Waals surface area contributed by atoms with Gasteiger partial charge in [-0.1, -0.05) is 0 Å². The molecular formula is C19H21N5O3. The zero-order valence-corrected chi connectivity index (χ0v) is 15.7. The number of methoxy groups -OCH3 is 2. The van der Waals surface area contributed by atoms with Crippen LogP contribution < -0.4 is 9.47 Å². The van der Waals surface area contributed by atoms with Crippen molar-refractivity contribution in [2.24, 2.45) is 0 Å². The first kappa shape index (κ1) is 18.4. The summed E-state index contributed by atoms with van der Waals surface area (Å²) in [5.41, 5.74) is 1.41. The summed E-state index contributed by atoms with van der Waals surface area (Å²) in [6.45, 7) is 1.95. The molecule has 1 aromatic carbocycles. The van der Waals surface area contributed by atoms with Gasteiger partial charge in [0.2, 0.25) is 0 Å². The largest absolute Gasteiger partial charge is 0.497 e. The molecule has 1 amide bonds. The summed E-state index contributed by atoms with van der Waals surface area (Å²) in [5, 5.41) is 7.53. The van der Waals surface area contributed by atoms with E-state index in [0.29, 0.717) is 22.9 Å². The summed E-state index contributed by atoms with van der Waals surface area (Å²) in [6, 6.07) is 8.75. The molecule has 27 heavy (non-hydrogen) atoms. The minimum absolute atomic E-state index is 0.128. The van der Waals surface area contributed by atoms with Crippen LogP contribution in [0.2, 0.25) is 0 Å². The fourth-order valence-electron chi connectivity index (χ4n) is 2.76. The summed E-state index contributed by atoms with van der Waals surface area (Å²) < 4.78 is 12.4. The Morgan fingerprint density at radius 2 is 1.85 bits per heavy atom. The number of pyridine rings is 1. The van der Waals surface area contributed by atoms with E-state index >= 15 is 0 Å². The Balaban J connectivity index is 1.86. The summed E-state index contributed by atoms with van der Waals surface area (Å²) in [4.78, 5) is 18.9. The molecule has 3 rings (SSSR count). The van der Waals surface area contributed by atoms with E-state index < -0.39 is 0 Å². The Hall–Kier alpha value is -3.42. The highest BCUT2D eigenvalue weighted by atomic mass is 16.5. The van der Waals surface area contributed by atoms with Crippen molar-refractivity contribution in [2.75, 3.05) is 21.3 Å². The number of aromatic nitrogens is 4. The summed E-state index contributed by atoms with van der Waals surface area (Å²) in [7, 11) is 4.96. The van der Waals surface area contributed by atoms with Crippen molar-refractivity contribution in [3.63, 3.8) is 0 Å². The highest BCUT2D eigenvalue weighted by Gasteiger charge is 2.22. The van der Waals surface area contributed by atoms with E-state index in [1.54, 1.807) is 55.1 Å². The normalized spacial score (nSPS) is 11.7. The molecule has 0 aliphatic heterocycles. The van der Waals surface area contributed by atoms with Gasteiger partial charge in [0.25, 0.3) is 5.91 Å². The number of hydrogen-bond acceptors (Lipinski definition) is 6. The predicted molar refractivity (Wildman–Crippen MR) is 99.2 cm³/mol. The smallest absolute Gasteiger partial charge is 0.254 e. The fraction of sp³-hybridized carbons (Fsp3) is 0.263. The van der Waals surface area contributed by atoms with Crippen LogP contribution in [0.15, 0.2) is 49.2 Å². The number of ether oxygens (including phenoxy) is 2. The Bertz CT molecular complexity index is 927. The fourth-order valence-corrected chi connectivity index (χ4v) is 2.76. The molecule has 0 aliphatic rings. The van der Waals surface area contributed by atoms with Gasteiger partial charge in [-0.05, 0) is 31.2 Å². The summed E-state index contributed by atoms with van der Waals surface area (Å²) in [6.07, 6.45) is 4.66. The molecule has 0 saturated carbocycles. The van der Waals surface area contributed by atoms with Crippen molar-refractivity contribution in [3.05, 3.63) is 60.3 Å². The van der Waals surface area contributed by atoms with Crippen molar-refractivity contribution in [1.29, 1.82) is 0 Å². The van der Waals surface area contributed by atoms with Crippen LogP contribution >= 0.6 is 0 Å². The minimum atomic E-state index is -0.204. The second-order valence-electron chi connectivity index (χ2n) is 5.97. The molecule has 0 radical (unpaired) electrons. The second-order valence-corrected chi connectivity index (χ2v) is 5.97. The first-order chi connectivity index (χ1) is 13.0. The van der Waals surface area contributed by atoms with E-state index in [0.717, 1.165) is 5.56 Å². The number of rotatable bonds is 6. The first-order valence-electron chi connectivity index (χ1n) is 8.35. The molecule has 0 aliphatic carbocycles. The van der Waals surface area contributed by atoms with Crippen LogP contribution in [-0.4, -0.2) is 51.8 Å². The van der Waals surface area contributed by atoms with Crippen molar-refractivity contribution in [1.82, 2.24) is 24.6 Å². The lowest BCUT2D eigenvalue weighted by Crippen LogP contribution is -2.30. The third-order valence-electron chi connectivity index (χ3n) is 4.47. The van der Waals surface area contributed by atoms with Gasteiger partial charge >= 0.3 is 0 Å². The first-order valence-corrected chi connectivity index (χ1v) is 8.35. The van der Waals surface area contributed by atoms with Gasteiger partial charge in [-0.3, -0.25) is 9.36 Å². The maximum Gasteiger partial charge on any atom is 0.254 e. The van der Waals surface area contributed by atoms with Crippen molar-refractivity contribution < 1.29 is 14.3 Å². The zero-order chi connectivity index (χ0) is 19.4. The SMILES string of the molecule is COc1ccc(C(C)N(C)C(=O)c2ccnc(-n3cnnc3)c2)c(OC)c1. The second kappa shape index (κ2) is 7.86. The van der Waals surface area contributed by atoms with E-state index in [9.17, 15) is 4.79 Å². The lowest BCUT2D eigenvalue weighted by Gasteiger charge is -2.27. The van der Waals surface area contributed by atoms with Crippen LogP contribution in [0.1, 0.15) is 28.9 Å². The van der Waals surface area contributed by atoms with Gasteiger partial charge in [0.15, 0.2) is 0 Å². The molecule has 0 N–H and O–H groups in total. The Morgan fingerprint density at radius 3 is 2.52 bits per heavy atom. The van der Waals surface area contributed by atoms with E-state index in [1.165, 1.54) is 12.7 Å². The number of carbonyl (C=O) groups is 1. The minimum Gasteiger partial charge on any atom is -0.497 e. The molecule has 140 valence electrons. The van der Waals surface area contributed by atoms with Gasteiger partial charge in [-0.25, -0.2) is 4.98 Å². The zero-order valence-electron chi connectivity index (χ0n) is 15.7. The lowest BCUT2D eigenvalue weighted by atomic mass is 10.0. The number of amides is 1. The van der Waals surface area contributed by atoms with Gasteiger partial charge in [-0.2, -0.15) is 0 Å². The number of hydrogen-bond donors (Lipinski definition) is 0. The molecule has 0 bridgehead atoms. The van der Waals surface area contributed by atoms with Crippen LogP contribution in [0.4, 0.5) is 0 Å². The van der Waals surface area contributed by atoms with Crippen LogP contribution in [0.25, 0.3) is 5.82 Å². The van der Waals surface area contributed by atoms with E-state index in [4.69, 9.17) is 9.47 Å². The van der Waals surface area contributed by atoms with E-state index in [1.807, 2.05) is 19.1 Å². The quantitative estimate of drug-likeness (QED) is 0.666. The molecule has 0 fully saturated rings. The van der Waals surface area contributed by atoms with E-state index in [2.05, 4.69) is 15.2 Å². The van der Waals surface area contributed by atoms with Crippen molar-refractivity contribution in [3.8, 4) is 17.3 Å². The number of benzene rings is 1. The summed E-state index contributed by atoms with van der Waals surface area (Å²) in [5.74, 6) is 1.82. The van der Waals surface area contributed by atoms with Gasteiger partial charge in [0.05, 0.1) is 20.3 Å². The molecule has 1 unspecified atom stereocenters. The molecule has 8 heteroatoms. The summed E-state index contributed by atoms with van der Waals surface area (Å²) >= 11 is 0. The highest BCUT2D eigenvalue weighted by Crippen LogP contribution is 2.32. The van der Waals surface area contributed by atoms with Crippen molar-refractivity contribution in [2.45, 2.75) is 13.0 Å². The molecule has 2 heterocycles. The third kappa shape index (κ3) is 3.74. The molecule has 2 aromatic heterocycles. The number of carbonyl (C=O) groups excluding carboxylic acids is 1. The van der Waals surface area contributed by atoms with Gasteiger partial charge in [0, 0.05) is 30.4 Å². The molecular weight excluding hydrogens is 346 g/mol. The van der Waals surface area contributed by atoms with E-state index in [-0.39, 0.29) is 11.9 Å². The topological polar surface area (TPSA) is 82.4 Å². The molecule has 3 aromatic rings. The molecule has 0 spiro atoms. The highest BCUT2D eigenvalue weighted by molar-refractivity contribution is 5.94. The lowest BCUT2D eigenvalue weighted by molar-refractivity contribution is 0.0741. The molecule has 0 saturated heterocycles. The number of nitrogens with zero attached hydrogens (tertiary/aromatic N) is 5. The Kier molecular flexibility index (Phi) is 5.35. The van der Waals surface area contributed by atoms with Crippen LogP contribution in [0.5, 0.6) is 11.5 Å². The maximum atomic E-state index is 13.0.